The molecule has 0 unspecified atom stereocenters. The van der Waals surface area contributed by atoms with Gasteiger partial charge in [-0.2, -0.15) is 10.5 Å². The van der Waals surface area contributed by atoms with Gasteiger partial charge in [-0.05, 0) is 71.1 Å². The molecule has 4 aromatic carbocycles. The van der Waals surface area contributed by atoms with Gasteiger partial charge in [0.2, 0.25) is 0 Å². The van der Waals surface area contributed by atoms with Crippen molar-refractivity contribution in [3.8, 4) is 23.3 Å². The van der Waals surface area contributed by atoms with Gasteiger partial charge in [-0.1, -0.05) is 91.9 Å². The molecule has 40 heavy (non-hydrogen) atoms. The Hall–Kier alpha value is -5.19. The number of hydrogen-bond donors (Lipinski definition) is 0. The first-order valence-corrected chi connectivity index (χ1v) is 13.4. The van der Waals surface area contributed by atoms with Crippen molar-refractivity contribution in [2.24, 2.45) is 0 Å². The number of rotatable bonds is 9. The molecule has 0 atom stereocenters. The lowest BCUT2D eigenvalue weighted by Gasteiger charge is -2.24. The summed E-state index contributed by atoms with van der Waals surface area (Å²) >= 11 is 0. The zero-order valence-corrected chi connectivity index (χ0v) is 22.8. The summed E-state index contributed by atoms with van der Waals surface area (Å²) in [6, 6.07) is 31.1. The van der Waals surface area contributed by atoms with Gasteiger partial charge in [0.25, 0.3) is 5.91 Å². The fraction of sp³-hybridized carbons (Fsp3) is 0.139. The number of nitriles is 2. The van der Waals surface area contributed by atoms with Gasteiger partial charge in [-0.15, -0.1) is 0 Å². The summed E-state index contributed by atoms with van der Waals surface area (Å²) in [5.41, 5.74) is 5.20. The molecule has 0 saturated heterocycles. The third kappa shape index (κ3) is 6.62. The summed E-state index contributed by atoms with van der Waals surface area (Å²) in [6.45, 7) is 4.84. The van der Waals surface area contributed by atoms with E-state index in [0.717, 1.165) is 39.5 Å². The second kappa shape index (κ2) is 13.6. The summed E-state index contributed by atoms with van der Waals surface area (Å²) in [5, 5.41) is 21.2. The number of benzene rings is 4. The van der Waals surface area contributed by atoms with Crippen LogP contribution in [0.4, 0.5) is 0 Å². The minimum atomic E-state index is -0.132. The van der Waals surface area contributed by atoms with Crippen LogP contribution in [0.5, 0.6) is 0 Å². The number of hydrogen-bond acceptors (Lipinski definition) is 3. The zero-order chi connectivity index (χ0) is 28.3. The molecule has 1 amide bonds. The minimum absolute atomic E-state index is 0.132. The molecule has 0 aromatic heterocycles. The van der Waals surface area contributed by atoms with Crippen LogP contribution in [0.15, 0.2) is 121 Å². The summed E-state index contributed by atoms with van der Waals surface area (Å²) in [7, 11) is 0. The summed E-state index contributed by atoms with van der Waals surface area (Å²) in [5.74, 6) is -0.132. The van der Waals surface area contributed by atoms with E-state index in [1.54, 1.807) is 29.2 Å². The highest BCUT2D eigenvalue weighted by Gasteiger charge is 2.20. The van der Waals surface area contributed by atoms with E-state index in [-0.39, 0.29) is 5.91 Å². The molecule has 0 spiro atoms. The zero-order valence-electron chi connectivity index (χ0n) is 22.8. The largest absolute Gasteiger partial charge is 0.330 e. The Labute approximate surface area is 236 Å². The van der Waals surface area contributed by atoms with E-state index in [1.165, 1.54) is 0 Å². The van der Waals surface area contributed by atoms with Crippen molar-refractivity contribution in [1.82, 2.24) is 4.90 Å². The third-order valence-electron chi connectivity index (χ3n) is 6.75. The van der Waals surface area contributed by atoms with Crippen molar-refractivity contribution in [1.29, 1.82) is 10.5 Å². The maximum atomic E-state index is 14.1. The number of amides is 1. The molecule has 0 bridgehead atoms. The van der Waals surface area contributed by atoms with E-state index >= 15 is 0 Å². The SMILES string of the molecule is C\C=C(/C=C\C=C\CC)CN(Cc1ccc(C#N)cc1)C(=O)c1ccc(C#N)c(-c2cccc3ccccc23)c1. The van der Waals surface area contributed by atoms with Gasteiger partial charge in [0.1, 0.15) is 0 Å². The van der Waals surface area contributed by atoms with Gasteiger partial charge in [-0.3, -0.25) is 4.79 Å². The summed E-state index contributed by atoms with van der Waals surface area (Å²) in [6.07, 6.45) is 11.1. The Bertz CT molecular complexity index is 1670. The molecule has 196 valence electrons. The molecule has 4 aromatic rings. The molecule has 0 fully saturated rings. The monoisotopic (exact) mass is 521 g/mol. The third-order valence-corrected chi connectivity index (χ3v) is 6.75. The van der Waals surface area contributed by atoms with E-state index in [2.05, 4.69) is 25.1 Å². The number of carbonyl (C=O) groups excluding carboxylic acids is 1. The second-order valence-corrected chi connectivity index (χ2v) is 9.43. The molecule has 0 saturated carbocycles. The van der Waals surface area contributed by atoms with Crippen LogP contribution < -0.4 is 0 Å². The normalized spacial score (nSPS) is 11.6. The van der Waals surface area contributed by atoms with Gasteiger partial charge in [0.15, 0.2) is 0 Å². The van der Waals surface area contributed by atoms with Crippen molar-refractivity contribution >= 4 is 16.7 Å². The topological polar surface area (TPSA) is 67.9 Å². The molecule has 4 heteroatoms. The number of carbonyl (C=O) groups is 1. The fourth-order valence-electron chi connectivity index (χ4n) is 4.60. The van der Waals surface area contributed by atoms with Gasteiger partial charge < -0.3 is 4.90 Å². The van der Waals surface area contributed by atoms with Crippen LogP contribution in [0.2, 0.25) is 0 Å². The van der Waals surface area contributed by atoms with Crippen LogP contribution in [0.25, 0.3) is 21.9 Å². The van der Waals surface area contributed by atoms with Gasteiger partial charge in [0.05, 0.1) is 23.3 Å². The van der Waals surface area contributed by atoms with Crippen LogP contribution in [0.3, 0.4) is 0 Å². The fourth-order valence-corrected chi connectivity index (χ4v) is 4.60. The van der Waals surface area contributed by atoms with Crippen LogP contribution in [0.1, 0.15) is 47.3 Å². The predicted octanol–water partition coefficient (Wildman–Crippen LogP) is 8.36. The maximum Gasteiger partial charge on any atom is 0.254 e. The molecule has 4 nitrogen and oxygen atoms in total. The molecule has 0 aliphatic rings. The number of allylic oxidation sites excluding steroid dienone is 4. The Morgan fingerprint density at radius 3 is 2.38 bits per heavy atom. The van der Waals surface area contributed by atoms with Gasteiger partial charge in [0, 0.05) is 24.2 Å². The highest BCUT2D eigenvalue weighted by molar-refractivity contribution is 6.01. The molecule has 0 N–H and O–H groups in total. The Balaban J connectivity index is 1.74. The first kappa shape index (κ1) is 27.8. The smallest absolute Gasteiger partial charge is 0.254 e. The lowest BCUT2D eigenvalue weighted by atomic mass is 9.93. The lowest BCUT2D eigenvalue weighted by molar-refractivity contribution is 0.0759. The van der Waals surface area contributed by atoms with Crippen molar-refractivity contribution in [2.45, 2.75) is 26.8 Å². The van der Waals surface area contributed by atoms with Crippen LogP contribution in [-0.2, 0) is 6.54 Å². The molecule has 0 heterocycles. The number of fused-ring (bicyclic) bond motifs is 1. The van der Waals surface area contributed by atoms with E-state index in [9.17, 15) is 15.3 Å². The minimum Gasteiger partial charge on any atom is -0.330 e. The number of nitrogens with zero attached hydrogens (tertiary/aromatic N) is 3. The molecule has 0 aliphatic carbocycles. The van der Waals surface area contributed by atoms with Crippen molar-refractivity contribution in [3.05, 3.63) is 143 Å². The molecular formula is C36H31N3O. The Kier molecular flexibility index (Phi) is 9.44. The van der Waals surface area contributed by atoms with E-state index in [4.69, 9.17) is 0 Å². The first-order chi connectivity index (χ1) is 19.6. The average molecular weight is 522 g/mol. The predicted molar refractivity (Wildman–Crippen MR) is 162 cm³/mol. The Morgan fingerprint density at radius 2 is 1.65 bits per heavy atom. The summed E-state index contributed by atoms with van der Waals surface area (Å²) in [4.78, 5) is 15.9. The van der Waals surface area contributed by atoms with Gasteiger partial charge in [-0.25, -0.2) is 0 Å². The molecule has 0 radical (unpaired) electrons. The standard InChI is InChI=1S/C36H31N3O/c1-3-5-6-7-11-27(4-2)25-39(26-29-18-16-28(23-37)17-19-29)36(40)31-20-21-32(24-38)35(22-31)34-15-10-13-30-12-8-9-14-33(30)34/h4-22H,3,25-26H2,1-2H3/b6-5+,11-7-,27-4+. The first-order valence-electron chi connectivity index (χ1n) is 13.4. The van der Waals surface area contributed by atoms with Crippen LogP contribution in [0, 0.1) is 22.7 Å². The van der Waals surface area contributed by atoms with Gasteiger partial charge >= 0.3 is 0 Å². The average Bonchev–Trinajstić information content (AvgIpc) is 3.01. The molecule has 0 aliphatic heterocycles. The molecular weight excluding hydrogens is 490 g/mol. The van der Waals surface area contributed by atoms with Crippen molar-refractivity contribution < 1.29 is 4.79 Å². The maximum absolute atomic E-state index is 14.1. The Morgan fingerprint density at radius 1 is 0.875 bits per heavy atom. The quantitative estimate of drug-likeness (QED) is 0.208. The highest BCUT2D eigenvalue weighted by Crippen LogP contribution is 2.32. The van der Waals surface area contributed by atoms with E-state index < -0.39 is 0 Å². The van der Waals surface area contributed by atoms with Crippen LogP contribution >= 0.6 is 0 Å². The van der Waals surface area contributed by atoms with Crippen molar-refractivity contribution in [3.63, 3.8) is 0 Å². The lowest BCUT2D eigenvalue weighted by Crippen LogP contribution is -2.32. The van der Waals surface area contributed by atoms with E-state index in [1.807, 2.05) is 91.9 Å². The van der Waals surface area contributed by atoms with Crippen LogP contribution in [-0.4, -0.2) is 17.4 Å². The van der Waals surface area contributed by atoms with E-state index in [0.29, 0.717) is 29.8 Å². The highest BCUT2D eigenvalue weighted by atomic mass is 16.2. The van der Waals surface area contributed by atoms with Crippen molar-refractivity contribution in [2.75, 3.05) is 6.54 Å². The summed E-state index contributed by atoms with van der Waals surface area (Å²) < 4.78 is 0. The second-order valence-electron chi connectivity index (χ2n) is 9.43. The molecule has 4 rings (SSSR count).